The van der Waals surface area contributed by atoms with Crippen molar-refractivity contribution in [3.63, 3.8) is 0 Å². The molecule has 1 aromatic heterocycles. The first kappa shape index (κ1) is 13.0. The molecule has 19 heavy (non-hydrogen) atoms. The lowest BCUT2D eigenvalue weighted by molar-refractivity contribution is 0.0947. The number of aromatic nitrogens is 2. The van der Waals surface area contributed by atoms with Gasteiger partial charge in [0.1, 0.15) is 5.75 Å². The topological polar surface area (TPSA) is 75.1 Å². The summed E-state index contributed by atoms with van der Waals surface area (Å²) >= 11 is 0. The zero-order valence-corrected chi connectivity index (χ0v) is 10.8. The molecular weight excluding hydrogens is 242 g/mol. The zero-order valence-electron chi connectivity index (χ0n) is 10.8. The van der Waals surface area contributed by atoms with Crippen LogP contribution in [0.3, 0.4) is 0 Å². The van der Waals surface area contributed by atoms with Gasteiger partial charge in [-0.2, -0.15) is 0 Å². The van der Waals surface area contributed by atoms with Crippen molar-refractivity contribution in [2.45, 2.75) is 20.4 Å². The number of hydrogen-bond donors (Lipinski definition) is 2. The van der Waals surface area contributed by atoms with Crippen molar-refractivity contribution in [2.24, 2.45) is 0 Å². The maximum absolute atomic E-state index is 11.9. The van der Waals surface area contributed by atoms with E-state index in [9.17, 15) is 9.90 Å². The van der Waals surface area contributed by atoms with E-state index >= 15 is 0 Å². The van der Waals surface area contributed by atoms with Gasteiger partial charge in [-0.25, -0.2) is 0 Å². The van der Waals surface area contributed by atoms with Crippen LogP contribution in [-0.4, -0.2) is 21.0 Å². The number of carbonyl (C=O) groups is 1. The fourth-order valence-electron chi connectivity index (χ4n) is 1.61. The maximum atomic E-state index is 11.9. The minimum Gasteiger partial charge on any atom is -0.507 e. The Bertz CT molecular complexity index is 594. The van der Waals surface area contributed by atoms with Crippen LogP contribution in [0.5, 0.6) is 5.75 Å². The Morgan fingerprint density at radius 1 is 1.26 bits per heavy atom. The predicted molar refractivity (Wildman–Crippen MR) is 70.8 cm³/mol. The normalized spacial score (nSPS) is 10.2. The van der Waals surface area contributed by atoms with Gasteiger partial charge < -0.3 is 10.4 Å². The molecule has 5 nitrogen and oxygen atoms in total. The number of nitrogens with zero attached hydrogens (tertiary/aromatic N) is 2. The highest BCUT2D eigenvalue weighted by atomic mass is 16.3. The molecule has 1 heterocycles. The first-order valence-corrected chi connectivity index (χ1v) is 5.91. The highest BCUT2D eigenvalue weighted by Crippen LogP contribution is 2.18. The third-order valence-electron chi connectivity index (χ3n) is 2.66. The average Bonchev–Trinajstić information content (AvgIpc) is 2.37. The van der Waals surface area contributed by atoms with E-state index in [4.69, 9.17) is 0 Å². The second-order valence-electron chi connectivity index (χ2n) is 4.35. The van der Waals surface area contributed by atoms with Gasteiger partial charge >= 0.3 is 0 Å². The Morgan fingerprint density at radius 2 is 2.05 bits per heavy atom. The van der Waals surface area contributed by atoms with E-state index in [0.717, 1.165) is 11.3 Å². The molecule has 0 aliphatic carbocycles. The van der Waals surface area contributed by atoms with E-state index in [-0.39, 0.29) is 23.8 Å². The molecule has 0 radical (unpaired) electrons. The summed E-state index contributed by atoms with van der Waals surface area (Å²) in [6, 6.07) is 4.93. The summed E-state index contributed by atoms with van der Waals surface area (Å²) in [5, 5.41) is 12.4. The van der Waals surface area contributed by atoms with Gasteiger partial charge in [0.2, 0.25) is 0 Å². The van der Waals surface area contributed by atoms with Crippen LogP contribution in [0.4, 0.5) is 0 Å². The van der Waals surface area contributed by atoms with Crippen molar-refractivity contribution in [3.05, 3.63) is 53.1 Å². The van der Waals surface area contributed by atoms with Crippen molar-refractivity contribution >= 4 is 5.91 Å². The van der Waals surface area contributed by atoms with Crippen LogP contribution in [0.15, 0.2) is 30.6 Å². The number of phenols is 1. The molecule has 0 bridgehead atoms. The summed E-state index contributed by atoms with van der Waals surface area (Å²) in [5.74, 6) is -0.354. The molecule has 0 saturated heterocycles. The molecule has 0 atom stereocenters. The first-order chi connectivity index (χ1) is 9.06. The predicted octanol–water partition coefficient (Wildman–Crippen LogP) is 1.73. The SMILES string of the molecule is Cc1ccc(C(=O)NCc2cnc(C)cn2)c(O)c1. The standard InChI is InChI=1S/C14H15N3O2/c1-9-3-4-12(13(18)5-9)14(19)17-8-11-7-15-10(2)6-16-11/h3-7,18H,8H2,1-2H3,(H,17,19). The van der Waals surface area contributed by atoms with Crippen molar-refractivity contribution < 1.29 is 9.90 Å². The third-order valence-corrected chi connectivity index (χ3v) is 2.66. The molecule has 2 N–H and O–H groups in total. The molecule has 0 fully saturated rings. The number of aromatic hydroxyl groups is 1. The van der Waals surface area contributed by atoms with Crippen LogP contribution in [0.1, 0.15) is 27.3 Å². The molecular formula is C14H15N3O2. The lowest BCUT2D eigenvalue weighted by Crippen LogP contribution is -2.23. The minimum absolute atomic E-state index is 0.0208. The fraction of sp³-hybridized carbons (Fsp3) is 0.214. The number of hydrogen-bond acceptors (Lipinski definition) is 4. The molecule has 0 unspecified atom stereocenters. The van der Waals surface area contributed by atoms with Crippen LogP contribution >= 0.6 is 0 Å². The van der Waals surface area contributed by atoms with Gasteiger partial charge in [-0.1, -0.05) is 6.07 Å². The molecule has 2 rings (SSSR count). The molecule has 2 aromatic rings. The Labute approximate surface area is 111 Å². The number of amides is 1. The van der Waals surface area contributed by atoms with Gasteiger partial charge in [-0.05, 0) is 31.5 Å². The van der Waals surface area contributed by atoms with E-state index < -0.39 is 0 Å². The smallest absolute Gasteiger partial charge is 0.255 e. The summed E-state index contributed by atoms with van der Waals surface area (Å²) in [6.45, 7) is 3.97. The summed E-state index contributed by atoms with van der Waals surface area (Å²) in [5.41, 5.74) is 2.65. The van der Waals surface area contributed by atoms with E-state index in [0.29, 0.717) is 5.69 Å². The number of nitrogens with one attached hydrogen (secondary N) is 1. The Balaban J connectivity index is 2.03. The summed E-state index contributed by atoms with van der Waals surface area (Å²) in [6.07, 6.45) is 3.26. The van der Waals surface area contributed by atoms with Gasteiger partial charge in [0.05, 0.1) is 29.7 Å². The number of carbonyl (C=O) groups excluding carboxylic acids is 1. The molecule has 98 valence electrons. The quantitative estimate of drug-likeness (QED) is 0.878. The van der Waals surface area contributed by atoms with E-state index in [2.05, 4.69) is 15.3 Å². The van der Waals surface area contributed by atoms with Crippen molar-refractivity contribution in [1.29, 1.82) is 0 Å². The van der Waals surface area contributed by atoms with Crippen LogP contribution < -0.4 is 5.32 Å². The lowest BCUT2D eigenvalue weighted by Gasteiger charge is -2.07. The third kappa shape index (κ3) is 3.28. The van der Waals surface area contributed by atoms with Gasteiger partial charge in [0.25, 0.3) is 5.91 Å². The highest BCUT2D eigenvalue weighted by Gasteiger charge is 2.10. The van der Waals surface area contributed by atoms with Gasteiger partial charge in [-0.15, -0.1) is 0 Å². The first-order valence-electron chi connectivity index (χ1n) is 5.91. The molecule has 5 heteroatoms. The Hall–Kier alpha value is -2.43. The van der Waals surface area contributed by atoms with Crippen molar-refractivity contribution in [2.75, 3.05) is 0 Å². The van der Waals surface area contributed by atoms with Gasteiger partial charge in [0, 0.05) is 6.20 Å². The number of aryl methyl sites for hydroxylation is 2. The molecule has 1 amide bonds. The largest absolute Gasteiger partial charge is 0.507 e. The van der Waals surface area contributed by atoms with E-state index in [1.54, 1.807) is 30.6 Å². The second kappa shape index (κ2) is 5.48. The lowest BCUT2D eigenvalue weighted by atomic mass is 10.1. The van der Waals surface area contributed by atoms with Gasteiger partial charge in [-0.3, -0.25) is 14.8 Å². The maximum Gasteiger partial charge on any atom is 0.255 e. The highest BCUT2D eigenvalue weighted by molar-refractivity contribution is 5.96. The monoisotopic (exact) mass is 257 g/mol. The number of phenolic OH excluding ortho intramolecular Hbond substituents is 1. The zero-order chi connectivity index (χ0) is 13.8. The summed E-state index contributed by atoms with van der Waals surface area (Å²) in [7, 11) is 0. The molecule has 0 aliphatic heterocycles. The van der Waals surface area contributed by atoms with Crippen LogP contribution in [-0.2, 0) is 6.54 Å². The molecule has 0 saturated carbocycles. The summed E-state index contributed by atoms with van der Waals surface area (Å²) in [4.78, 5) is 20.1. The Morgan fingerprint density at radius 3 is 2.68 bits per heavy atom. The average molecular weight is 257 g/mol. The fourth-order valence-corrected chi connectivity index (χ4v) is 1.61. The second-order valence-corrected chi connectivity index (χ2v) is 4.35. The number of benzene rings is 1. The van der Waals surface area contributed by atoms with Crippen LogP contribution in [0, 0.1) is 13.8 Å². The molecule has 1 aromatic carbocycles. The van der Waals surface area contributed by atoms with Gasteiger partial charge in [0.15, 0.2) is 0 Å². The van der Waals surface area contributed by atoms with Crippen LogP contribution in [0.2, 0.25) is 0 Å². The van der Waals surface area contributed by atoms with E-state index in [1.165, 1.54) is 0 Å². The van der Waals surface area contributed by atoms with E-state index in [1.807, 2.05) is 13.8 Å². The molecule has 0 aliphatic rings. The Kier molecular flexibility index (Phi) is 3.75. The van der Waals surface area contributed by atoms with Crippen molar-refractivity contribution in [3.8, 4) is 5.75 Å². The number of rotatable bonds is 3. The minimum atomic E-state index is -0.333. The van der Waals surface area contributed by atoms with Crippen LogP contribution in [0.25, 0.3) is 0 Å². The van der Waals surface area contributed by atoms with Crippen molar-refractivity contribution in [1.82, 2.24) is 15.3 Å². The molecule has 0 spiro atoms. The summed E-state index contributed by atoms with van der Waals surface area (Å²) < 4.78 is 0.